The number of amides is 1. The number of aliphatic imine (C=N–C) groups is 1. The molecule has 3 aliphatic heterocycles. The number of nitrogens with zero attached hydrogens (tertiary/aromatic N) is 7. The number of guanidine groups is 1. The molecule has 0 radical (unpaired) electrons. The zero-order valence-electron chi connectivity index (χ0n) is 21.1. The molecule has 0 saturated carbocycles. The third kappa shape index (κ3) is 4.16. The van der Waals surface area contributed by atoms with Gasteiger partial charge < -0.3 is 4.90 Å². The molecule has 0 saturated heterocycles. The molecule has 0 bridgehead atoms. The Bertz CT molecular complexity index is 1470. The van der Waals surface area contributed by atoms with E-state index in [-0.39, 0.29) is 11.8 Å². The summed E-state index contributed by atoms with van der Waals surface area (Å²) in [5.41, 5.74) is 6.27. The van der Waals surface area contributed by atoms with E-state index >= 15 is 0 Å². The SMILES string of the molecule is O=C1C2=C(CCN(Cc3ccccc3)C2)N2CCN=C2N1Cc1ccc(-n2cc(C3C=CC=C3)nn2)cc1. The number of carbonyl (C=O) groups excluding carboxylic acids is 1. The minimum atomic E-state index is 0.0809. The second-order valence-corrected chi connectivity index (χ2v) is 10.1. The van der Waals surface area contributed by atoms with E-state index in [2.05, 4.69) is 68.7 Å². The van der Waals surface area contributed by atoms with Gasteiger partial charge in [-0.25, -0.2) is 4.68 Å². The van der Waals surface area contributed by atoms with Gasteiger partial charge >= 0.3 is 0 Å². The average Bonchev–Trinajstić information content (AvgIpc) is 3.74. The number of carbonyl (C=O) groups is 1. The van der Waals surface area contributed by atoms with Crippen molar-refractivity contribution in [2.75, 3.05) is 26.2 Å². The highest BCUT2D eigenvalue weighted by Gasteiger charge is 2.40. The summed E-state index contributed by atoms with van der Waals surface area (Å²) in [6.07, 6.45) is 11.1. The lowest BCUT2D eigenvalue weighted by Crippen LogP contribution is -2.53. The second kappa shape index (κ2) is 9.54. The van der Waals surface area contributed by atoms with E-state index in [4.69, 9.17) is 4.99 Å². The van der Waals surface area contributed by atoms with E-state index < -0.39 is 0 Å². The highest BCUT2D eigenvalue weighted by Crippen LogP contribution is 2.32. The van der Waals surface area contributed by atoms with E-state index in [1.807, 2.05) is 41.4 Å². The molecule has 1 aliphatic carbocycles. The third-order valence-electron chi connectivity index (χ3n) is 7.67. The van der Waals surface area contributed by atoms with Crippen molar-refractivity contribution < 1.29 is 4.79 Å². The summed E-state index contributed by atoms with van der Waals surface area (Å²) >= 11 is 0. The largest absolute Gasteiger partial charge is 0.314 e. The molecule has 0 unspecified atom stereocenters. The van der Waals surface area contributed by atoms with E-state index in [1.54, 1.807) is 4.68 Å². The van der Waals surface area contributed by atoms with Crippen LogP contribution >= 0.6 is 0 Å². The molecule has 1 amide bonds. The van der Waals surface area contributed by atoms with E-state index in [9.17, 15) is 4.79 Å². The van der Waals surface area contributed by atoms with Gasteiger partial charge in [0, 0.05) is 44.2 Å². The first-order chi connectivity index (χ1) is 18.7. The number of rotatable bonds is 6. The fraction of sp³-hybridized carbons (Fsp3) is 0.267. The van der Waals surface area contributed by atoms with Crippen molar-refractivity contribution in [3.63, 3.8) is 0 Å². The summed E-state index contributed by atoms with van der Waals surface area (Å²) in [7, 11) is 0. The van der Waals surface area contributed by atoms with Crippen molar-refractivity contribution in [2.45, 2.75) is 25.4 Å². The summed E-state index contributed by atoms with van der Waals surface area (Å²) in [4.78, 5) is 25.1. The molecule has 0 atom stereocenters. The molecule has 7 rings (SSSR count). The van der Waals surface area contributed by atoms with Crippen LogP contribution < -0.4 is 0 Å². The number of hydrogen-bond acceptors (Lipinski definition) is 6. The molecule has 0 fully saturated rings. The zero-order chi connectivity index (χ0) is 25.5. The smallest absolute Gasteiger partial charge is 0.259 e. The molecule has 8 heteroatoms. The van der Waals surface area contributed by atoms with Crippen molar-refractivity contribution in [2.24, 2.45) is 4.99 Å². The van der Waals surface area contributed by atoms with Gasteiger partial charge in [-0.15, -0.1) is 5.10 Å². The molecule has 1 aromatic heterocycles. The van der Waals surface area contributed by atoms with Gasteiger partial charge in [0.2, 0.25) is 5.96 Å². The molecule has 4 heterocycles. The van der Waals surface area contributed by atoms with Crippen molar-refractivity contribution >= 4 is 11.9 Å². The first-order valence-corrected chi connectivity index (χ1v) is 13.2. The molecule has 2 aromatic carbocycles. The Morgan fingerprint density at radius 3 is 2.50 bits per heavy atom. The predicted octanol–water partition coefficient (Wildman–Crippen LogP) is 3.65. The first kappa shape index (κ1) is 22.9. The van der Waals surface area contributed by atoms with Crippen LogP contribution in [0.2, 0.25) is 0 Å². The van der Waals surface area contributed by atoms with Gasteiger partial charge in [-0.05, 0) is 23.3 Å². The van der Waals surface area contributed by atoms with Crippen molar-refractivity contribution in [1.29, 1.82) is 0 Å². The molecule has 4 aliphatic rings. The zero-order valence-corrected chi connectivity index (χ0v) is 21.1. The number of fused-ring (bicyclic) bond motifs is 2. The fourth-order valence-electron chi connectivity index (χ4n) is 5.71. The molecule has 190 valence electrons. The molecule has 0 spiro atoms. The van der Waals surface area contributed by atoms with Gasteiger partial charge in [0.1, 0.15) is 0 Å². The van der Waals surface area contributed by atoms with Crippen molar-refractivity contribution in [3.05, 3.63) is 113 Å². The Labute approximate surface area is 221 Å². The van der Waals surface area contributed by atoms with Crippen LogP contribution in [0.25, 0.3) is 5.69 Å². The maximum absolute atomic E-state index is 13.8. The second-order valence-electron chi connectivity index (χ2n) is 10.1. The van der Waals surface area contributed by atoms with Gasteiger partial charge in [-0.3, -0.25) is 19.6 Å². The van der Waals surface area contributed by atoms with Crippen LogP contribution in [0.5, 0.6) is 0 Å². The average molecular weight is 504 g/mol. The number of hydrogen-bond donors (Lipinski definition) is 0. The van der Waals surface area contributed by atoms with Crippen molar-refractivity contribution in [1.82, 2.24) is 29.7 Å². The van der Waals surface area contributed by atoms with E-state index in [1.165, 1.54) is 5.56 Å². The summed E-state index contributed by atoms with van der Waals surface area (Å²) < 4.78 is 1.80. The van der Waals surface area contributed by atoms with Crippen molar-refractivity contribution in [3.8, 4) is 5.69 Å². The minimum absolute atomic E-state index is 0.0809. The first-order valence-electron chi connectivity index (χ1n) is 13.2. The molecule has 8 nitrogen and oxygen atoms in total. The standard InChI is InChI=1S/C30H29N7O/c38-29-26-20-34(18-22-6-2-1-3-7-22)16-14-28(26)35-17-15-31-30(35)36(29)19-23-10-12-25(13-11-23)37-21-27(32-33-37)24-8-4-5-9-24/h1-13,21,24H,14-20H2. The quantitative estimate of drug-likeness (QED) is 0.514. The van der Waals surface area contributed by atoms with Gasteiger partial charge in [0.05, 0.1) is 36.2 Å². The number of allylic oxidation sites excluding steroid dienone is 4. The van der Waals surface area contributed by atoms with Crippen LogP contribution in [-0.4, -0.2) is 67.7 Å². The Kier molecular flexibility index (Phi) is 5.74. The molecule has 0 N–H and O–H groups in total. The van der Waals surface area contributed by atoms with Gasteiger partial charge in [0.15, 0.2) is 0 Å². The van der Waals surface area contributed by atoms with Crippen LogP contribution in [-0.2, 0) is 17.9 Å². The Morgan fingerprint density at radius 2 is 1.68 bits per heavy atom. The van der Waals surface area contributed by atoms with Gasteiger partial charge in [-0.2, -0.15) is 0 Å². The van der Waals surface area contributed by atoms with Crippen LogP contribution in [0.15, 0.2) is 101 Å². The summed E-state index contributed by atoms with van der Waals surface area (Å²) in [5.74, 6) is 1.07. The highest BCUT2D eigenvalue weighted by atomic mass is 16.2. The summed E-state index contributed by atoms with van der Waals surface area (Å²) in [6.45, 7) is 4.53. The summed E-state index contributed by atoms with van der Waals surface area (Å²) in [6, 6.07) is 18.7. The lowest BCUT2D eigenvalue weighted by atomic mass is 10.00. The highest BCUT2D eigenvalue weighted by molar-refractivity contribution is 6.09. The Hall–Kier alpha value is -4.30. The molecular formula is C30H29N7O. The molecule has 3 aromatic rings. The normalized spacial score (nSPS) is 19.4. The Morgan fingerprint density at radius 1 is 0.895 bits per heavy atom. The lowest BCUT2D eigenvalue weighted by Gasteiger charge is -2.42. The van der Waals surface area contributed by atoms with E-state index in [0.29, 0.717) is 13.1 Å². The van der Waals surface area contributed by atoms with Crippen LogP contribution in [0.1, 0.15) is 29.2 Å². The number of benzene rings is 2. The maximum Gasteiger partial charge on any atom is 0.259 e. The van der Waals surface area contributed by atoms with Gasteiger partial charge in [0.25, 0.3) is 5.91 Å². The third-order valence-corrected chi connectivity index (χ3v) is 7.67. The lowest BCUT2D eigenvalue weighted by molar-refractivity contribution is -0.125. The van der Waals surface area contributed by atoms with Gasteiger partial charge in [-0.1, -0.05) is 72.0 Å². The topological polar surface area (TPSA) is 69.9 Å². The predicted molar refractivity (Wildman–Crippen MR) is 145 cm³/mol. The van der Waals surface area contributed by atoms with Crippen LogP contribution in [0.3, 0.4) is 0 Å². The van der Waals surface area contributed by atoms with E-state index in [0.717, 1.165) is 66.8 Å². The minimum Gasteiger partial charge on any atom is -0.314 e. The molecule has 38 heavy (non-hydrogen) atoms. The number of aromatic nitrogens is 3. The Balaban J connectivity index is 1.09. The maximum atomic E-state index is 13.8. The summed E-state index contributed by atoms with van der Waals surface area (Å²) in [5, 5.41) is 8.65. The molecular weight excluding hydrogens is 474 g/mol. The fourth-order valence-corrected chi connectivity index (χ4v) is 5.71. The van der Waals surface area contributed by atoms with Crippen LogP contribution in [0.4, 0.5) is 0 Å². The van der Waals surface area contributed by atoms with Crippen LogP contribution in [0, 0.1) is 0 Å². The monoisotopic (exact) mass is 503 g/mol.